The topological polar surface area (TPSA) is 43.4 Å². The number of carbonyl (C=O) groups excluding carboxylic acids is 2. The van der Waals surface area contributed by atoms with Crippen LogP contribution in [0.5, 0.6) is 0 Å². The van der Waals surface area contributed by atoms with Gasteiger partial charge in [-0.3, -0.25) is 9.59 Å². The van der Waals surface area contributed by atoms with E-state index in [9.17, 15) is 9.59 Å². The fraction of sp³-hybridized carbons (Fsp3) is 0.840. The van der Waals surface area contributed by atoms with Crippen LogP contribution >= 0.6 is 0 Å². The maximum absolute atomic E-state index is 12.4. The molecule has 0 heterocycles. The van der Waals surface area contributed by atoms with Crippen LogP contribution in [0.2, 0.25) is 0 Å². The third-order valence-corrected chi connectivity index (χ3v) is 9.07. The van der Waals surface area contributed by atoms with Crippen molar-refractivity contribution >= 4 is 11.8 Å². The zero-order chi connectivity index (χ0) is 20.1. The number of ketones is 1. The van der Waals surface area contributed by atoms with Gasteiger partial charge in [-0.05, 0) is 86.5 Å². The smallest absolute Gasteiger partial charge is 0.306 e. The lowest BCUT2D eigenvalue weighted by molar-refractivity contribution is -0.160. The first-order valence-electron chi connectivity index (χ1n) is 11.7. The van der Waals surface area contributed by atoms with Gasteiger partial charge in [0.15, 0.2) is 5.78 Å². The molecule has 3 fully saturated rings. The number of carbonyl (C=O) groups is 2. The zero-order valence-corrected chi connectivity index (χ0v) is 18.3. The molecule has 6 atom stereocenters. The molecular formula is C25H38O3. The molecule has 4 aliphatic carbocycles. The van der Waals surface area contributed by atoms with Crippen molar-refractivity contribution in [2.24, 2.45) is 34.5 Å². The standard InChI is InChI=1S/C25H38O3/c1-16(2)5-10-23(27)28-22-9-8-20-19-7-6-17-15-18(26)11-13-24(17,3)21(19)12-14-25(20,22)4/h15-16,19-22H,5-14H2,1-4H3/t19-,20-,21+,22-,24+,25+/m1/s1. The maximum atomic E-state index is 12.4. The summed E-state index contributed by atoms with van der Waals surface area (Å²) in [5.41, 5.74) is 1.81. The van der Waals surface area contributed by atoms with E-state index in [0.29, 0.717) is 30.0 Å². The van der Waals surface area contributed by atoms with Gasteiger partial charge in [-0.1, -0.05) is 33.3 Å². The normalized spacial score (nSPS) is 42.5. The van der Waals surface area contributed by atoms with Crippen LogP contribution in [0.1, 0.15) is 91.9 Å². The fourth-order valence-electron chi connectivity index (χ4n) is 7.33. The number of fused-ring (bicyclic) bond motifs is 5. The first-order valence-corrected chi connectivity index (χ1v) is 11.7. The van der Waals surface area contributed by atoms with Crippen molar-refractivity contribution in [3.8, 4) is 0 Å². The van der Waals surface area contributed by atoms with Gasteiger partial charge in [-0.25, -0.2) is 0 Å². The minimum absolute atomic E-state index is 0.00863. The summed E-state index contributed by atoms with van der Waals surface area (Å²) >= 11 is 0. The lowest BCUT2D eigenvalue weighted by Gasteiger charge is -2.57. The van der Waals surface area contributed by atoms with Crippen LogP contribution in [-0.4, -0.2) is 17.9 Å². The van der Waals surface area contributed by atoms with Gasteiger partial charge in [-0.15, -0.1) is 0 Å². The molecule has 0 aromatic heterocycles. The van der Waals surface area contributed by atoms with E-state index in [1.54, 1.807) is 0 Å². The number of hydrogen-bond acceptors (Lipinski definition) is 3. The molecule has 0 unspecified atom stereocenters. The van der Waals surface area contributed by atoms with E-state index in [1.807, 2.05) is 6.08 Å². The number of allylic oxidation sites excluding steroid dienone is 1. The van der Waals surface area contributed by atoms with E-state index in [-0.39, 0.29) is 22.9 Å². The second kappa shape index (κ2) is 7.29. The van der Waals surface area contributed by atoms with Gasteiger partial charge >= 0.3 is 5.97 Å². The SMILES string of the molecule is CC(C)CCC(=O)O[C@@H]1CC[C@@H]2[C@H]3CCC4=CC(=O)CC[C@]4(C)[C@H]3CC[C@@]21C. The van der Waals surface area contributed by atoms with Crippen molar-refractivity contribution in [2.45, 2.75) is 98.0 Å². The molecule has 0 radical (unpaired) electrons. The van der Waals surface area contributed by atoms with Crippen molar-refractivity contribution in [2.75, 3.05) is 0 Å². The van der Waals surface area contributed by atoms with Gasteiger partial charge in [-0.2, -0.15) is 0 Å². The molecule has 0 bridgehead atoms. The van der Waals surface area contributed by atoms with Crippen LogP contribution < -0.4 is 0 Å². The van der Waals surface area contributed by atoms with E-state index in [4.69, 9.17) is 4.74 Å². The van der Waals surface area contributed by atoms with Crippen molar-refractivity contribution in [1.29, 1.82) is 0 Å². The summed E-state index contributed by atoms with van der Waals surface area (Å²) in [5, 5.41) is 0. The Hall–Kier alpha value is -1.12. The Morgan fingerprint density at radius 3 is 2.64 bits per heavy atom. The predicted octanol–water partition coefficient (Wildman–Crippen LogP) is 5.87. The second-order valence-corrected chi connectivity index (χ2v) is 11.0. The highest BCUT2D eigenvalue weighted by Gasteiger charge is 2.59. The van der Waals surface area contributed by atoms with Crippen LogP contribution in [0.3, 0.4) is 0 Å². The minimum atomic E-state index is 0.00863. The molecule has 3 saturated carbocycles. The summed E-state index contributed by atoms with van der Waals surface area (Å²) in [6.07, 6.45) is 12.3. The third kappa shape index (κ3) is 3.27. The molecular weight excluding hydrogens is 348 g/mol. The van der Waals surface area contributed by atoms with Crippen molar-refractivity contribution in [3.05, 3.63) is 11.6 Å². The molecule has 0 spiro atoms. The highest BCUT2D eigenvalue weighted by atomic mass is 16.5. The molecule has 3 nitrogen and oxygen atoms in total. The van der Waals surface area contributed by atoms with E-state index < -0.39 is 0 Å². The van der Waals surface area contributed by atoms with E-state index in [0.717, 1.165) is 44.4 Å². The summed E-state index contributed by atoms with van der Waals surface area (Å²) in [6, 6.07) is 0. The monoisotopic (exact) mass is 386 g/mol. The van der Waals surface area contributed by atoms with Crippen LogP contribution in [0, 0.1) is 34.5 Å². The molecule has 28 heavy (non-hydrogen) atoms. The molecule has 0 saturated heterocycles. The van der Waals surface area contributed by atoms with Crippen LogP contribution in [-0.2, 0) is 14.3 Å². The molecule has 4 aliphatic rings. The van der Waals surface area contributed by atoms with Gasteiger partial charge in [0.25, 0.3) is 0 Å². The summed E-state index contributed by atoms with van der Waals surface area (Å²) in [5.74, 6) is 2.99. The van der Waals surface area contributed by atoms with E-state index in [1.165, 1.54) is 24.8 Å². The van der Waals surface area contributed by atoms with Gasteiger partial charge in [0.1, 0.15) is 6.10 Å². The molecule has 0 aromatic rings. The maximum Gasteiger partial charge on any atom is 0.306 e. The van der Waals surface area contributed by atoms with Gasteiger partial charge in [0.05, 0.1) is 0 Å². The minimum Gasteiger partial charge on any atom is -0.462 e. The number of hydrogen-bond donors (Lipinski definition) is 0. The number of esters is 1. The molecule has 156 valence electrons. The predicted molar refractivity (Wildman–Crippen MR) is 111 cm³/mol. The Morgan fingerprint density at radius 2 is 1.89 bits per heavy atom. The van der Waals surface area contributed by atoms with Crippen molar-refractivity contribution < 1.29 is 14.3 Å². The lowest BCUT2D eigenvalue weighted by atomic mass is 9.47. The van der Waals surface area contributed by atoms with Crippen LogP contribution in [0.15, 0.2) is 11.6 Å². The van der Waals surface area contributed by atoms with E-state index >= 15 is 0 Å². The fourth-order valence-corrected chi connectivity index (χ4v) is 7.33. The Kier molecular flexibility index (Phi) is 5.25. The quantitative estimate of drug-likeness (QED) is 0.568. The summed E-state index contributed by atoms with van der Waals surface area (Å²) in [6.45, 7) is 9.15. The highest BCUT2D eigenvalue weighted by molar-refractivity contribution is 5.91. The molecule has 0 N–H and O–H groups in total. The number of ether oxygens (including phenoxy) is 1. The van der Waals surface area contributed by atoms with Gasteiger partial charge in [0, 0.05) is 18.3 Å². The van der Waals surface area contributed by atoms with Gasteiger partial charge in [0.2, 0.25) is 0 Å². The average Bonchev–Trinajstić information content (AvgIpc) is 2.97. The highest BCUT2D eigenvalue weighted by Crippen LogP contribution is 2.65. The first kappa shape index (κ1) is 20.2. The molecule has 4 rings (SSSR count). The van der Waals surface area contributed by atoms with Gasteiger partial charge < -0.3 is 4.74 Å². The Bertz CT molecular complexity index is 677. The number of rotatable bonds is 4. The third-order valence-electron chi connectivity index (χ3n) is 9.07. The molecule has 3 heteroatoms. The molecule has 0 amide bonds. The molecule has 0 aliphatic heterocycles. The average molecular weight is 387 g/mol. The second-order valence-electron chi connectivity index (χ2n) is 11.0. The molecule has 0 aromatic carbocycles. The summed E-state index contributed by atoms with van der Waals surface area (Å²) in [4.78, 5) is 24.4. The van der Waals surface area contributed by atoms with Crippen molar-refractivity contribution in [3.63, 3.8) is 0 Å². The first-order chi connectivity index (χ1) is 13.2. The Labute approximate surface area is 170 Å². The lowest BCUT2D eigenvalue weighted by Crippen LogP contribution is -2.51. The largest absolute Gasteiger partial charge is 0.462 e. The van der Waals surface area contributed by atoms with Crippen LogP contribution in [0.25, 0.3) is 0 Å². The van der Waals surface area contributed by atoms with Crippen LogP contribution in [0.4, 0.5) is 0 Å². The summed E-state index contributed by atoms with van der Waals surface area (Å²) < 4.78 is 6.06. The van der Waals surface area contributed by atoms with E-state index in [2.05, 4.69) is 27.7 Å². The Morgan fingerprint density at radius 1 is 1.11 bits per heavy atom. The Balaban J connectivity index is 1.49. The zero-order valence-electron chi connectivity index (χ0n) is 18.3. The summed E-state index contributed by atoms with van der Waals surface area (Å²) in [7, 11) is 0. The van der Waals surface area contributed by atoms with Crippen molar-refractivity contribution in [1.82, 2.24) is 0 Å².